The van der Waals surface area contributed by atoms with Gasteiger partial charge in [-0.15, -0.1) is 0 Å². The molecule has 3 atom stereocenters. The number of hydrogen-bond acceptors (Lipinski definition) is 6. The molecule has 1 spiro atoms. The van der Waals surface area contributed by atoms with Crippen LogP contribution >= 0.6 is 39.1 Å². The Morgan fingerprint density at radius 2 is 1.69 bits per heavy atom. The van der Waals surface area contributed by atoms with Gasteiger partial charge in [0, 0.05) is 38.1 Å². The summed E-state index contributed by atoms with van der Waals surface area (Å²) in [6, 6.07) is 14.8. The number of benzene rings is 3. The number of rotatable bonds is 8. The summed E-state index contributed by atoms with van der Waals surface area (Å²) in [4.78, 5) is 41.5. The van der Waals surface area contributed by atoms with Gasteiger partial charge >= 0.3 is 0 Å². The van der Waals surface area contributed by atoms with E-state index in [0.29, 0.717) is 32.4 Å². The van der Waals surface area contributed by atoms with Crippen LogP contribution in [0.2, 0.25) is 10.0 Å². The van der Waals surface area contributed by atoms with Crippen LogP contribution in [0.25, 0.3) is 0 Å². The zero-order valence-corrected chi connectivity index (χ0v) is 28.9. The monoisotopic (exact) mass is 735 g/mol. The first kappa shape index (κ1) is 33.2. The molecular formula is C32H32BrCl2N3O6S. The zero-order valence-electron chi connectivity index (χ0n) is 25.0. The van der Waals surface area contributed by atoms with Crippen molar-refractivity contribution in [2.24, 2.45) is 0 Å². The molecule has 45 heavy (non-hydrogen) atoms. The molecule has 0 saturated carbocycles. The molecule has 3 aromatic carbocycles. The number of piperidine rings is 1. The number of fused-ring (bicyclic) bond motifs is 2. The minimum Gasteiger partial charge on any atom is -0.477 e. The van der Waals surface area contributed by atoms with E-state index in [9.17, 15) is 22.8 Å². The number of anilines is 1. The Morgan fingerprint density at radius 3 is 2.33 bits per heavy atom. The molecule has 2 aliphatic heterocycles. The van der Waals surface area contributed by atoms with E-state index >= 15 is 0 Å². The average Bonchev–Trinajstić information content (AvgIpc) is 3.24. The second kappa shape index (κ2) is 12.2. The summed E-state index contributed by atoms with van der Waals surface area (Å²) in [5.74, 6) is -2.12. The predicted molar refractivity (Wildman–Crippen MR) is 177 cm³/mol. The fraction of sp³-hybridized carbons (Fsp3) is 0.344. The Kier molecular flexibility index (Phi) is 9.04. The lowest BCUT2D eigenvalue weighted by molar-refractivity contribution is -0.136. The molecular weight excluding hydrogens is 705 g/mol. The van der Waals surface area contributed by atoms with Gasteiger partial charge in [0.1, 0.15) is 11.2 Å². The maximum atomic E-state index is 14.5. The SMILES string of the molecule is CCC(CC)(Oc1ccc(Cl)cc1C1CC(=O)NC(c2cc(Cl)ccc2C)C12C(=O)Nc1cc(Br)ccc12)C(=O)NS(C)(=O)=O. The molecule has 2 aliphatic rings. The van der Waals surface area contributed by atoms with Crippen LogP contribution in [0.4, 0.5) is 5.69 Å². The molecule has 238 valence electrons. The van der Waals surface area contributed by atoms with E-state index in [1.165, 1.54) is 0 Å². The molecule has 3 unspecified atom stereocenters. The van der Waals surface area contributed by atoms with Crippen LogP contribution in [0.5, 0.6) is 5.75 Å². The van der Waals surface area contributed by atoms with Gasteiger partial charge in [-0.1, -0.05) is 65.1 Å². The third-order valence-electron chi connectivity index (χ3n) is 8.79. The normalized spacial score (nSPS) is 21.2. The van der Waals surface area contributed by atoms with Gasteiger partial charge in [-0.2, -0.15) is 0 Å². The van der Waals surface area contributed by atoms with Crippen LogP contribution in [0.3, 0.4) is 0 Å². The summed E-state index contributed by atoms with van der Waals surface area (Å²) >= 11 is 16.5. The average molecular weight is 738 g/mol. The second-order valence-corrected chi connectivity index (χ2v) is 15.0. The molecule has 0 aliphatic carbocycles. The summed E-state index contributed by atoms with van der Waals surface area (Å²) in [7, 11) is -3.89. The molecule has 3 amide bonds. The maximum Gasteiger partial charge on any atom is 0.277 e. The van der Waals surface area contributed by atoms with Crippen LogP contribution in [-0.2, 0) is 29.8 Å². The molecule has 0 radical (unpaired) electrons. The van der Waals surface area contributed by atoms with Crippen molar-refractivity contribution in [3.05, 3.63) is 91.4 Å². The first-order chi connectivity index (χ1) is 21.1. The Balaban J connectivity index is 1.78. The van der Waals surface area contributed by atoms with Gasteiger partial charge in [0.2, 0.25) is 21.8 Å². The van der Waals surface area contributed by atoms with Gasteiger partial charge in [0.05, 0.1) is 12.3 Å². The van der Waals surface area contributed by atoms with Crippen molar-refractivity contribution in [1.29, 1.82) is 0 Å². The third kappa shape index (κ3) is 5.95. The zero-order chi connectivity index (χ0) is 32.9. The number of carbonyl (C=O) groups is 3. The van der Waals surface area contributed by atoms with E-state index in [4.69, 9.17) is 27.9 Å². The van der Waals surface area contributed by atoms with Crippen molar-refractivity contribution in [2.75, 3.05) is 11.6 Å². The first-order valence-electron chi connectivity index (χ1n) is 14.3. The van der Waals surface area contributed by atoms with Gasteiger partial charge in [0.25, 0.3) is 5.91 Å². The van der Waals surface area contributed by atoms with Gasteiger partial charge in [-0.05, 0) is 78.9 Å². The highest BCUT2D eigenvalue weighted by Crippen LogP contribution is 2.59. The molecule has 9 nitrogen and oxygen atoms in total. The molecule has 1 fully saturated rings. The Bertz CT molecular complexity index is 1830. The van der Waals surface area contributed by atoms with E-state index in [1.54, 1.807) is 44.2 Å². The molecule has 2 heterocycles. The van der Waals surface area contributed by atoms with Crippen molar-refractivity contribution in [3.63, 3.8) is 0 Å². The number of hydrogen-bond donors (Lipinski definition) is 3. The number of amides is 3. The van der Waals surface area contributed by atoms with Crippen molar-refractivity contribution < 1.29 is 27.5 Å². The molecule has 0 aromatic heterocycles. The largest absolute Gasteiger partial charge is 0.477 e. The molecule has 3 aromatic rings. The van der Waals surface area contributed by atoms with Gasteiger partial charge < -0.3 is 15.4 Å². The summed E-state index contributed by atoms with van der Waals surface area (Å²) in [5, 5.41) is 6.89. The van der Waals surface area contributed by atoms with Crippen LogP contribution in [0.1, 0.15) is 67.3 Å². The molecule has 5 rings (SSSR count). The second-order valence-electron chi connectivity index (χ2n) is 11.5. The number of nitrogens with one attached hydrogen (secondary N) is 3. The van der Waals surface area contributed by atoms with E-state index in [2.05, 4.69) is 31.3 Å². The highest BCUT2D eigenvalue weighted by Gasteiger charge is 2.62. The number of ether oxygens (including phenoxy) is 1. The summed E-state index contributed by atoms with van der Waals surface area (Å²) in [6.07, 6.45) is 1.04. The fourth-order valence-corrected chi connectivity index (χ4v) is 7.81. The van der Waals surface area contributed by atoms with Gasteiger partial charge in [-0.3, -0.25) is 14.4 Å². The quantitative estimate of drug-likeness (QED) is 0.249. The lowest BCUT2D eigenvalue weighted by Gasteiger charge is -2.47. The number of aryl methyl sites for hydroxylation is 1. The molecule has 13 heteroatoms. The lowest BCUT2D eigenvalue weighted by Crippen LogP contribution is -2.57. The topological polar surface area (TPSA) is 131 Å². The minimum atomic E-state index is -3.89. The standard InChI is InChI=1S/C32H32BrCl2N3O6S/c1-5-31(6-2,29(40)38-45(4,42)43)44-26-12-10-20(35)15-22(26)24-16-27(39)37-28(21-14-19(34)9-7-17(21)3)32(24)23-11-8-18(33)13-25(23)36-30(32)41/h7-15,24,28H,5-6,16H2,1-4H3,(H,36,41)(H,37,39)(H,38,40). The van der Waals surface area contributed by atoms with Crippen LogP contribution in [0, 0.1) is 6.92 Å². The highest BCUT2D eigenvalue weighted by molar-refractivity contribution is 9.10. The third-order valence-corrected chi connectivity index (χ3v) is 10.3. The summed E-state index contributed by atoms with van der Waals surface area (Å²) in [5.41, 5.74) is 0.153. The van der Waals surface area contributed by atoms with Crippen molar-refractivity contribution in [1.82, 2.24) is 10.0 Å². The van der Waals surface area contributed by atoms with E-state index in [-0.39, 0.29) is 36.8 Å². The summed E-state index contributed by atoms with van der Waals surface area (Å²) < 4.78 is 33.3. The number of halogens is 3. The Morgan fingerprint density at radius 1 is 1.04 bits per heavy atom. The van der Waals surface area contributed by atoms with Crippen LogP contribution < -0.4 is 20.1 Å². The van der Waals surface area contributed by atoms with Crippen molar-refractivity contribution in [2.45, 2.75) is 63.0 Å². The van der Waals surface area contributed by atoms with Crippen LogP contribution in [0.15, 0.2) is 59.1 Å². The van der Waals surface area contributed by atoms with Gasteiger partial charge in [-0.25, -0.2) is 13.1 Å². The molecule has 0 bridgehead atoms. The summed E-state index contributed by atoms with van der Waals surface area (Å²) in [6.45, 7) is 5.32. The first-order valence-corrected chi connectivity index (χ1v) is 17.8. The van der Waals surface area contributed by atoms with Crippen molar-refractivity contribution >= 4 is 72.6 Å². The fourth-order valence-electron chi connectivity index (χ4n) is 6.56. The van der Waals surface area contributed by atoms with E-state index in [0.717, 1.165) is 16.3 Å². The minimum absolute atomic E-state index is 0.115. The predicted octanol–water partition coefficient (Wildman–Crippen LogP) is 6.31. The van der Waals surface area contributed by atoms with Crippen LogP contribution in [-0.4, -0.2) is 38.0 Å². The highest BCUT2D eigenvalue weighted by atomic mass is 79.9. The number of sulfonamides is 1. The Labute approximate surface area is 280 Å². The van der Waals surface area contributed by atoms with Crippen molar-refractivity contribution in [3.8, 4) is 5.75 Å². The lowest BCUT2D eigenvalue weighted by atomic mass is 9.59. The van der Waals surface area contributed by atoms with E-state index < -0.39 is 38.9 Å². The number of carbonyl (C=O) groups excluding carboxylic acids is 3. The maximum absolute atomic E-state index is 14.5. The molecule has 3 N–H and O–H groups in total. The van der Waals surface area contributed by atoms with Gasteiger partial charge in [0.15, 0.2) is 5.60 Å². The molecule has 1 saturated heterocycles. The Hall–Kier alpha value is -3.12. The van der Waals surface area contributed by atoms with E-state index in [1.807, 2.05) is 31.2 Å². The smallest absolute Gasteiger partial charge is 0.277 e.